The summed E-state index contributed by atoms with van der Waals surface area (Å²) in [5, 5.41) is 4.00. The lowest BCUT2D eigenvalue weighted by Crippen LogP contribution is -2.06. The number of carbonyl (C=O) groups is 1. The summed E-state index contributed by atoms with van der Waals surface area (Å²) in [6, 6.07) is 4.46. The average molecular weight is 269 g/mol. The fraction of sp³-hybridized carbons (Fsp3) is 0.167. The summed E-state index contributed by atoms with van der Waals surface area (Å²) in [7, 11) is 2.91. The third-order valence-electron chi connectivity index (χ3n) is 2.55. The number of esters is 1. The number of aryl methyl sites for hydroxylation is 1. The number of carbonyl (C=O) groups excluding carboxylic acids is 1. The van der Waals surface area contributed by atoms with E-state index in [1.807, 2.05) is 0 Å². The molecule has 2 rings (SSSR count). The molecule has 0 aliphatic heterocycles. The van der Waals surface area contributed by atoms with Gasteiger partial charge in [-0.1, -0.05) is 11.6 Å². The van der Waals surface area contributed by atoms with Crippen LogP contribution in [0.4, 0.5) is 4.39 Å². The molecule has 0 amide bonds. The lowest BCUT2D eigenvalue weighted by molar-refractivity contribution is 0.0596. The van der Waals surface area contributed by atoms with Crippen molar-refractivity contribution in [2.45, 2.75) is 0 Å². The van der Waals surface area contributed by atoms with Gasteiger partial charge in [0.25, 0.3) is 0 Å². The Balaban J connectivity index is 2.56. The van der Waals surface area contributed by atoms with E-state index in [2.05, 4.69) is 9.84 Å². The van der Waals surface area contributed by atoms with Crippen LogP contribution in [0.5, 0.6) is 0 Å². The molecule has 2 aromatic rings. The standard InChI is InChI=1S/C12H10ClFN2O2/c1-16-10(3-4-15-16)7-5-8(13)11(9(14)6-7)12(17)18-2/h3-6H,1-2H3. The molecule has 4 nitrogen and oxygen atoms in total. The fourth-order valence-electron chi connectivity index (χ4n) is 1.68. The zero-order valence-corrected chi connectivity index (χ0v) is 10.5. The van der Waals surface area contributed by atoms with Crippen molar-refractivity contribution in [2.75, 3.05) is 7.11 Å². The summed E-state index contributed by atoms with van der Waals surface area (Å²) in [4.78, 5) is 11.4. The molecule has 0 N–H and O–H groups in total. The average Bonchev–Trinajstić information content (AvgIpc) is 2.74. The Bertz CT molecular complexity index is 587. The number of methoxy groups -OCH3 is 1. The molecule has 0 radical (unpaired) electrons. The molecule has 6 heteroatoms. The van der Waals surface area contributed by atoms with Crippen LogP contribution in [-0.2, 0) is 11.8 Å². The first-order valence-corrected chi connectivity index (χ1v) is 5.48. The Morgan fingerprint density at radius 2 is 2.22 bits per heavy atom. The van der Waals surface area contributed by atoms with Crippen molar-refractivity contribution in [2.24, 2.45) is 7.05 Å². The number of rotatable bonds is 2. The van der Waals surface area contributed by atoms with Crippen molar-refractivity contribution < 1.29 is 13.9 Å². The number of hydrogen-bond donors (Lipinski definition) is 0. The highest BCUT2D eigenvalue weighted by Crippen LogP contribution is 2.28. The number of hydrogen-bond acceptors (Lipinski definition) is 3. The minimum absolute atomic E-state index is 0.0121. The number of aromatic nitrogens is 2. The fourth-order valence-corrected chi connectivity index (χ4v) is 1.96. The lowest BCUT2D eigenvalue weighted by atomic mass is 10.1. The van der Waals surface area contributed by atoms with E-state index in [1.165, 1.54) is 19.2 Å². The molecule has 0 fully saturated rings. The molecular weight excluding hydrogens is 259 g/mol. The van der Waals surface area contributed by atoms with Gasteiger partial charge < -0.3 is 4.74 Å². The van der Waals surface area contributed by atoms with Crippen molar-refractivity contribution in [1.82, 2.24) is 9.78 Å². The van der Waals surface area contributed by atoms with E-state index in [9.17, 15) is 9.18 Å². The molecule has 1 heterocycles. The summed E-state index contributed by atoms with van der Waals surface area (Å²) < 4.78 is 19.9. The molecule has 0 aliphatic carbocycles. The number of ether oxygens (including phenoxy) is 1. The molecule has 94 valence electrons. The zero-order chi connectivity index (χ0) is 13.3. The molecule has 0 spiro atoms. The summed E-state index contributed by atoms with van der Waals surface area (Å²) in [6.45, 7) is 0. The van der Waals surface area contributed by atoms with E-state index >= 15 is 0 Å². The Kier molecular flexibility index (Phi) is 3.34. The largest absolute Gasteiger partial charge is 0.465 e. The maximum absolute atomic E-state index is 13.9. The molecule has 0 bridgehead atoms. The molecular formula is C12H10ClFN2O2. The van der Waals surface area contributed by atoms with Crippen LogP contribution in [0.1, 0.15) is 10.4 Å². The Hall–Kier alpha value is -1.88. The van der Waals surface area contributed by atoms with Gasteiger partial charge in [-0.15, -0.1) is 0 Å². The molecule has 1 aromatic heterocycles. The summed E-state index contributed by atoms with van der Waals surface area (Å²) in [5.41, 5.74) is 0.988. The predicted molar refractivity (Wildman–Crippen MR) is 65.0 cm³/mol. The van der Waals surface area contributed by atoms with E-state index in [4.69, 9.17) is 11.6 Å². The summed E-state index contributed by atoms with van der Waals surface area (Å²) in [5.74, 6) is -1.51. The second kappa shape index (κ2) is 4.78. The third kappa shape index (κ3) is 2.09. The van der Waals surface area contributed by atoms with Crippen LogP contribution in [0.2, 0.25) is 5.02 Å². The first kappa shape index (κ1) is 12.6. The minimum atomic E-state index is -0.797. The van der Waals surface area contributed by atoms with Crippen LogP contribution in [0, 0.1) is 5.82 Å². The summed E-state index contributed by atoms with van der Waals surface area (Å²) >= 11 is 5.91. The molecule has 0 atom stereocenters. The van der Waals surface area contributed by atoms with Crippen LogP contribution in [0.25, 0.3) is 11.3 Å². The van der Waals surface area contributed by atoms with Crippen molar-refractivity contribution in [3.63, 3.8) is 0 Å². The van der Waals surface area contributed by atoms with Gasteiger partial charge in [0.15, 0.2) is 0 Å². The van der Waals surface area contributed by atoms with Crippen LogP contribution in [0.15, 0.2) is 24.4 Å². The van der Waals surface area contributed by atoms with Crippen LogP contribution < -0.4 is 0 Å². The van der Waals surface area contributed by atoms with Gasteiger partial charge in [0.05, 0.1) is 17.8 Å². The molecule has 0 unspecified atom stereocenters. The van der Waals surface area contributed by atoms with E-state index in [0.717, 1.165) is 0 Å². The van der Waals surface area contributed by atoms with E-state index in [0.29, 0.717) is 11.3 Å². The lowest BCUT2D eigenvalue weighted by Gasteiger charge is -2.07. The molecule has 1 aromatic carbocycles. The van der Waals surface area contributed by atoms with Gasteiger partial charge in [-0.3, -0.25) is 4.68 Å². The second-order valence-corrected chi connectivity index (χ2v) is 4.05. The van der Waals surface area contributed by atoms with Gasteiger partial charge in [-0.05, 0) is 18.2 Å². The van der Waals surface area contributed by atoms with Gasteiger partial charge >= 0.3 is 5.97 Å². The van der Waals surface area contributed by atoms with Gasteiger partial charge in [0.1, 0.15) is 11.4 Å². The maximum Gasteiger partial charge on any atom is 0.342 e. The van der Waals surface area contributed by atoms with Crippen LogP contribution in [0.3, 0.4) is 0 Å². The molecule has 0 saturated heterocycles. The summed E-state index contributed by atoms with van der Waals surface area (Å²) in [6.07, 6.45) is 1.59. The van der Waals surface area contributed by atoms with Crippen molar-refractivity contribution in [3.05, 3.63) is 40.8 Å². The van der Waals surface area contributed by atoms with Crippen molar-refractivity contribution in [1.29, 1.82) is 0 Å². The van der Waals surface area contributed by atoms with E-state index in [-0.39, 0.29) is 10.6 Å². The highest BCUT2D eigenvalue weighted by atomic mass is 35.5. The molecule has 0 saturated carbocycles. The predicted octanol–water partition coefficient (Wildman–Crippen LogP) is 2.67. The van der Waals surface area contributed by atoms with Gasteiger partial charge in [0.2, 0.25) is 0 Å². The highest BCUT2D eigenvalue weighted by molar-refractivity contribution is 6.33. The topological polar surface area (TPSA) is 44.1 Å². The molecule has 18 heavy (non-hydrogen) atoms. The zero-order valence-electron chi connectivity index (χ0n) is 9.78. The Morgan fingerprint density at radius 1 is 1.50 bits per heavy atom. The normalized spacial score (nSPS) is 10.4. The first-order valence-electron chi connectivity index (χ1n) is 5.10. The van der Waals surface area contributed by atoms with E-state index < -0.39 is 11.8 Å². The van der Waals surface area contributed by atoms with Gasteiger partial charge in [-0.2, -0.15) is 5.10 Å². The SMILES string of the molecule is COC(=O)c1c(F)cc(-c2ccnn2C)cc1Cl. The maximum atomic E-state index is 13.9. The Morgan fingerprint density at radius 3 is 2.72 bits per heavy atom. The smallest absolute Gasteiger partial charge is 0.342 e. The van der Waals surface area contributed by atoms with Crippen LogP contribution in [-0.4, -0.2) is 22.9 Å². The Labute approximate surface area is 108 Å². The quantitative estimate of drug-likeness (QED) is 0.787. The number of halogens is 2. The van der Waals surface area contributed by atoms with Crippen molar-refractivity contribution in [3.8, 4) is 11.3 Å². The number of nitrogens with zero attached hydrogens (tertiary/aromatic N) is 2. The van der Waals surface area contributed by atoms with Crippen molar-refractivity contribution >= 4 is 17.6 Å². The highest BCUT2D eigenvalue weighted by Gasteiger charge is 2.19. The van der Waals surface area contributed by atoms with Gasteiger partial charge in [0, 0.05) is 18.8 Å². The number of benzene rings is 1. The van der Waals surface area contributed by atoms with Crippen LogP contribution >= 0.6 is 11.6 Å². The molecule has 0 aliphatic rings. The van der Waals surface area contributed by atoms with Gasteiger partial charge in [-0.25, -0.2) is 9.18 Å². The first-order chi connectivity index (χ1) is 8.54. The van der Waals surface area contributed by atoms with E-state index in [1.54, 1.807) is 24.0 Å². The monoisotopic (exact) mass is 268 g/mol. The third-order valence-corrected chi connectivity index (χ3v) is 2.85. The minimum Gasteiger partial charge on any atom is -0.465 e. The second-order valence-electron chi connectivity index (χ2n) is 3.65.